The van der Waals surface area contributed by atoms with Crippen molar-refractivity contribution >= 4 is 49.7 Å². The molecule has 2 aromatic heterocycles. The topological polar surface area (TPSA) is 70.2 Å². The summed E-state index contributed by atoms with van der Waals surface area (Å²) in [5, 5.41) is 9.83. The Morgan fingerprint density at radius 1 is 1.28 bits per heavy atom. The second-order valence-corrected chi connectivity index (χ2v) is 8.11. The molecule has 4 rings (SSSR count). The molecule has 1 aliphatic rings. The van der Waals surface area contributed by atoms with Gasteiger partial charge in [-0.3, -0.25) is 0 Å². The molecular formula is C17H19N5OS2. The number of rotatable bonds is 4. The molecule has 0 radical (unpaired) electrons. The van der Waals surface area contributed by atoms with Crippen LogP contribution in [0.3, 0.4) is 0 Å². The normalized spacial score (nSPS) is 14.2. The van der Waals surface area contributed by atoms with Crippen molar-refractivity contribution < 1.29 is 4.79 Å². The van der Waals surface area contributed by atoms with Gasteiger partial charge in [0, 0.05) is 24.2 Å². The summed E-state index contributed by atoms with van der Waals surface area (Å²) >= 11 is 3.27. The maximum atomic E-state index is 12.1. The standard InChI is InChI=1S/C17H19N5OS2/c1-11-19-14-5-4-12(8-15(14)25-11)20-16(23)18-9-13-10-24-17(21-13)22-6-2-3-7-22/h4-5,8,10H,2-3,6-7,9H2,1H3,(H2,18,20,23). The van der Waals surface area contributed by atoms with Crippen LogP contribution in [0.2, 0.25) is 0 Å². The molecule has 0 atom stereocenters. The van der Waals surface area contributed by atoms with Gasteiger partial charge >= 0.3 is 6.03 Å². The number of carbonyl (C=O) groups is 1. The Morgan fingerprint density at radius 3 is 2.96 bits per heavy atom. The molecule has 25 heavy (non-hydrogen) atoms. The van der Waals surface area contributed by atoms with E-state index in [4.69, 9.17) is 0 Å². The van der Waals surface area contributed by atoms with E-state index in [1.807, 2.05) is 30.5 Å². The van der Waals surface area contributed by atoms with Gasteiger partial charge in [0.05, 0.1) is 27.5 Å². The van der Waals surface area contributed by atoms with Crippen LogP contribution < -0.4 is 15.5 Å². The number of hydrogen-bond donors (Lipinski definition) is 2. The maximum Gasteiger partial charge on any atom is 0.319 e. The second-order valence-electron chi connectivity index (χ2n) is 6.04. The summed E-state index contributed by atoms with van der Waals surface area (Å²) in [6, 6.07) is 5.52. The average Bonchev–Trinajstić information content (AvgIpc) is 3.32. The minimum Gasteiger partial charge on any atom is -0.348 e. The second kappa shape index (κ2) is 6.97. The quantitative estimate of drug-likeness (QED) is 0.726. The number of thiazole rings is 2. The third-order valence-electron chi connectivity index (χ3n) is 4.10. The number of anilines is 2. The molecule has 0 unspecified atom stereocenters. The summed E-state index contributed by atoms with van der Waals surface area (Å²) in [6.45, 7) is 4.58. The average molecular weight is 374 g/mol. The van der Waals surface area contributed by atoms with Gasteiger partial charge in [0.1, 0.15) is 0 Å². The van der Waals surface area contributed by atoms with Gasteiger partial charge in [-0.05, 0) is 38.0 Å². The van der Waals surface area contributed by atoms with Crippen molar-refractivity contribution in [2.75, 3.05) is 23.3 Å². The fraction of sp³-hybridized carbons (Fsp3) is 0.353. The van der Waals surface area contributed by atoms with E-state index in [1.165, 1.54) is 12.8 Å². The van der Waals surface area contributed by atoms with Gasteiger partial charge in [-0.25, -0.2) is 14.8 Å². The lowest BCUT2D eigenvalue weighted by Crippen LogP contribution is -2.28. The van der Waals surface area contributed by atoms with Crippen LogP contribution in [-0.4, -0.2) is 29.1 Å². The molecule has 0 bridgehead atoms. The van der Waals surface area contributed by atoms with Crippen LogP contribution in [0.1, 0.15) is 23.5 Å². The van der Waals surface area contributed by atoms with Crippen LogP contribution >= 0.6 is 22.7 Å². The molecule has 1 aliphatic heterocycles. The molecule has 1 saturated heterocycles. The van der Waals surface area contributed by atoms with Gasteiger partial charge in [-0.2, -0.15) is 0 Å². The molecule has 6 nitrogen and oxygen atoms in total. The molecule has 0 spiro atoms. The molecule has 2 amide bonds. The zero-order valence-electron chi connectivity index (χ0n) is 13.9. The lowest BCUT2D eigenvalue weighted by molar-refractivity contribution is 0.251. The first kappa shape index (κ1) is 16.3. The number of nitrogens with one attached hydrogen (secondary N) is 2. The zero-order valence-corrected chi connectivity index (χ0v) is 15.5. The SMILES string of the molecule is Cc1nc2ccc(NC(=O)NCc3csc(N4CCCC4)n3)cc2s1. The Morgan fingerprint density at radius 2 is 2.12 bits per heavy atom. The fourth-order valence-electron chi connectivity index (χ4n) is 2.89. The number of carbonyl (C=O) groups excluding carboxylic acids is 1. The molecule has 1 aromatic carbocycles. The lowest BCUT2D eigenvalue weighted by Gasteiger charge is -2.12. The molecule has 1 fully saturated rings. The smallest absolute Gasteiger partial charge is 0.319 e. The summed E-state index contributed by atoms with van der Waals surface area (Å²) in [6.07, 6.45) is 2.47. The van der Waals surface area contributed by atoms with Crippen LogP contribution in [0.4, 0.5) is 15.6 Å². The highest BCUT2D eigenvalue weighted by Gasteiger charge is 2.15. The van der Waals surface area contributed by atoms with Crippen molar-refractivity contribution in [1.29, 1.82) is 0 Å². The largest absolute Gasteiger partial charge is 0.348 e. The Hall–Kier alpha value is -2.19. The van der Waals surface area contributed by atoms with E-state index < -0.39 is 0 Å². The summed E-state index contributed by atoms with van der Waals surface area (Å²) in [4.78, 5) is 23.5. The molecule has 8 heteroatoms. The Bertz CT molecular complexity index is 897. The van der Waals surface area contributed by atoms with E-state index in [1.54, 1.807) is 22.7 Å². The first-order valence-corrected chi connectivity index (χ1v) is 9.98. The molecular weight excluding hydrogens is 354 g/mol. The van der Waals surface area contributed by atoms with Gasteiger partial charge in [0.15, 0.2) is 5.13 Å². The van der Waals surface area contributed by atoms with Crippen molar-refractivity contribution in [3.63, 3.8) is 0 Å². The minimum atomic E-state index is -0.226. The third kappa shape index (κ3) is 3.74. The summed E-state index contributed by atoms with van der Waals surface area (Å²) in [7, 11) is 0. The van der Waals surface area contributed by atoms with Crippen molar-refractivity contribution in [3.8, 4) is 0 Å². The summed E-state index contributed by atoms with van der Waals surface area (Å²) < 4.78 is 1.07. The van der Waals surface area contributed by atoms with Crippen LogP contribution in [0.25, 0.3) is 10.2 Å². The molecule has 0 saturated carbocycles. The lowest BCUT2D eigenvalue weighted by atomic mass is 10.3. The molecule has 2 N–H and O–H groups in total. The number of nitrogens with zero attached hydrogens (tertiary/aromatic N) is 3. The Balaban J connectivity index is 1.33. The number of aromatic nitrogens is 2. The van der Waals surface area contributed by atoms with E-state index in [9.17, 15) is 4.79 Å². The highest BCUT2D eigenvalue weighted by molar-refractivity contribution is 7.18. The van der Waals surface area contributed by atoms with Crippen LogP contribution in [-0.2, 0) is 6.54 Å². The predicted octanol–water partition coefficient (Wildman–Crippen LogP) is 3.98. The van der Waals surface area contributed by atoms with Gasteiger partial charge in [-0.15, -0.1) is 22.7 Å². The molecule has 0 aliphatic carbocycles. The zero-order chi connectivity index (χ0) is 17.2. The summed E-state index contributed by atoms with van der Waals surface area (Å²) in [5.74, 6) is 0. The highest BCUT2D eigenvalue weighted by atomic mass is 32.1. The number of hydrogen-bond acceptors (Lipinski definition) is 6. The fourth-order valence-corrected chi connectivity index (χ4v) is 4.64. The van der Waals surface area contributed by atoms with Gasteiger partial charge in [0.2, 0.25) is 0 Å². The minimum absolute atomic E-state index is 0.226. The first-order chi connectivity index (χ1) is 12.2. The van der Waals surface area contributed by atoms with Crippen molar-refractivity contribution in [1.82, 2.24) is 15.3 Å². The van der Waals surface area contributed by atoms with Gasteiger partial charge in [0.25, 0.3) is 0 Å². The highest BCUT2D eigenvalue weighted by Crippen LogP contribution is 2.25. The first-order valence-electron chi connectivity index (χ1n) is 8.29. The van der Waals surface area contributed by atoms with Crippen LogP contribution in [0.15, 0.2) is 23.6 Å². The van der Waals surface area contributed by atoms with Crippen molar-refractivity contribution in [2.24, 2.45) is 0 Å². The molecule has 130 valence electrons. The number of benzene rings is 1. The van der Waals surface area contributed by atoms with E-state index in [-0.39, 0.29) is 6.03 Å². The van der Waals surface area contributed by atoms with Gasteiger partial charge in [-0.1, -0.05) is 0 Å². The van der Waals surface area contributed by atoms with Crippen LogP contribution in [0.5, 0.6) is 0 Å². The third-order valence-corrected chi connectivity index (χ3v) is 5.98. The number of fused-ring (bicyclic) bond motifs is 1. The number of amides is 2. The van der Waals surface area contributed by atoms with Crippen LogP contribution in [0, 0.1) is 6.92 Å². The number of aryl methyl sites for hydroxylation is 1. The maximum absolute atomic E-state index is 12.1. The van der Waals surface area contributed by atoms with E-state index in [0.29, 0.717) is 6.54 Å². The Labute approximate surface area is 153 Å². The van der Waals surface area contributed by atoms with Crippen molar-refractivity contribution in [3.05, 3.63) is 34.3 Å². The van der Waals surface area contributed by atoms with E-state index >= 15 is 0 Å². The Kier molecular flexibility index (Phi) is 4.54. The number of urea groups is 1. The summed E-state index contributed by atoms with van der Waals surface area (Å²) in [5.41, 5.74) is 2.63. The van der Waals surface area contributed by atoms with Crippen molar-refractivity contribution in [2.45, 2.75) is 26.3 Å². The van der Waals surface area contributed by atoms with E-state index in [2.05, 4.69) is 25.5 Å². The molecule has 3 aromatic rings. The monoisotopic (exact) mass is 373 g/mol. The van der Waals surface area contributed by atoms with E-state index in [0.717, 1.165) is 44.8 Å². The van der Waals surface area contributed by atoms with Gasteiger partial charge < -0.3 is 15.5 Å². The predicted molar refractivity (Wildman–Crippen MR) is 104 cm³/mol. The molecule has 3 heterocycles.